The predicted octanol–water partition coefficient (Wildman–Crippen LogP) is 1.96. The molecule has 0 saturated carbocycles. The van der Waals surface area contributed by atoms with Crippen molar-refractivity contribution < 1.29 is 4.79 Å². The third-order valence-electron chi connectivity index (χ3n) is 2.91. The van der Waals surface area contributed by atoms with Gasteiger partial charge in [0.05, 0.1) is 0 Å². The van der Waals surface area contributed by atoms with Crippen molar-refractivity contribution >= 4 is 23.5 Å². The highest BCUT2D eigenvalue weighted by Crippen LogP contribution is 2.10. The highest BCUT2D eigenvalue weighted by Gasteiger charge is 2.04. The van der Waals surface area contributed by atoms with E-state index in [0.717, 1.165) is 18.0 Å². The number of carbonyl (C=O) groups excluding carboxylic acids is 1. The highest BCUT2D eigenvalue weighted by molar-refractivity contribution is 6.30. The first-order valence-electron chi connectivity index (χ1n) is 7.49. The number of nitrogens with one attached hydrogen (secondary N) is 3. The minimum absolute atomic E-state index is 0.0388. The Morgan fingerprint density at radius 2 is 2.00 bits per heavy atom. The van der Waals surface area contributed by atoms with Crippen LogP contribution in [0.2, 0.25) is 5.02 Å². The van der Waals surface area contributed by atoms with Crippen LogP contribution in [-0.2, 0) is 11.2 Å². The van der Waals surface area contributed by atoms with Crippen molar-refractivity contribution in [1.82, 2.24) is 16.0 Å². The zero-order valence-electron chi connectivity index (χ0n) is 13.4. The number of hydrogen-bond donors (Lipinski definition) is 3. The fraction of sp³-hybridized carbons (Fsp3) is 0.500. The van der Waals surface area contributed by atoms with Crippen molar-refractivity contribution in [2.45, 2.75) is 32.7 Å². The fourth-order valence-corrected chi connectivity index (χ4v) is 2.14. The van der Waals surface area contributed by atoms with Gasteiger partial charge >= 0.3 is 0 Å². The molecule has 1 amide bonds. The molecule has 0 heterocycles. The third-order valence-corrected chi connectivity index (χ3v) is 3.15. The van der Waals surface area contributed by atoms with Gasteiger partial charge in [0.2, 0.25) is 5.91 Å². The molecule has 22 heavy (non-hydrogen) atoms. The maximum absolute atomic E-state index is 11.5. The van der Waals surface area contributed by atoms with Gasteiger partial charge in [0, 0.05) is 37.6 Å². The van der Waals surface area contributed by atoms with Crippen LogP contribution in [0, 0.1) is 0 Å². The quantitative estimate of drug-likeness (QED) is 0.530. The molecule has 0 fully saturated rings. The Bertz CT molecular complexity index is 503. The van der Waals surface area contributed by atoms with E-state index in [-0.39, 0.29) is 11.9 Å². The summed E-state index contributed by atoms with van der Waals surface area (Å²) in [7, 11) is 1.71. The topological polar surface area (TPSA) is 65.5 Å². The Labute approximate surface area is 137 Å². The number of hydrogen-bond acceptors (Lipinski definition) is 2. The van der Waals surface area contributed by atoms with Crippen LogP contribution in [0.15, 0.2) is 29.3 Å². The summed E-state index contributed by atoms with van der Waals surface area (Å²) in [6.07, 6.45) is 1.28. The molecule has 0 spiro atoms. The Hall–Kier alpha value is -1.75. The highest BCUT2D eigenvalue weighted by atomic mass is 35.5. The van der Waals surface area contributed by atoms with E-state index in [0.29, 0.717) is 18.9 Å². The summed E-state index contributed by atoms with van der Waals surface area (Å²) >= 11 is 5.95. The zero-order valence-corrected chi connectivity index (χ0v) is 14.2. The van der Waals surface area contributed by atoms with Crippen LogP contribution in [-0.4, -0.2) is 38.0 Å². The summed E-state index contributed by atoms with van der Waals surface area (Å²) in [5, 5.41) is 9.94. The van der Waals surface area contributed by atoms with Crippen molar-refractivity contribution in [2.75, 3.05) is 20.1 Å². The van der Waals surface area contributed by atoms with E-state index >= 15 is 0 Å². The first kappa shape index (κ1) is 18.3. The van der Waals surface area contributed by atoms with Crippen LogP contribution < -0.4 is 16.0 Å². The molecule has 0 aliphatic carbocycles. The minimum Gasteiger partial charge on any atom is -0.356 e. The van der Waals surface area contributed by atoms with Crippen LogP contribution >= 0.6 is 11.6 Å². The van der Waals surface area contributed by atoms with Crippen LogP contribution in [0.1, 0.15) is 25.8 Å². The second-order valence-electron chi connectivity index (χ2n) is 5.28. The molecule has 122 valence electrons. The summed E-state index contributed by atoms with van der Waals surface area (Å²) in [5.41, 5.74) is 1.17. The summed E-state index contributed by atoms with van der Waals surface area (Å²) in [4.78, 5) is 15.7. The Balaban J connectivity index is 2.24. The minimum atomic E-state index is 0.0388. The average molecular weight is 325 g/mol. The summed E-state index contributed by atoms with van der Waals surface area (Å²) in [5.74, 6) is 0.733. The van der Waals surface area contributed by atoms with Gasteiger partial charge in [0.1, 0.15) is 0 Å². The van der Waals surface area contributed by atoms with Gasteiger partial charge in [-0.15, -0.1) is 0 Å². The van der Waals surface area contributed by atoms with Crippen molar-refractivity contribution in [3.63, 3.8) is 0 Å². The SMILES string of the molecule is CN=C(NCCC(=O)NC(C)C)NCCc1cccc(Cl)c1. The van der Waals surface area contributed by atoms with E-state index in [4.69, 9.17) is 11.6 Å². The van der Waals surface area contributed by atoms with Gasteiger partial charge in [-0.25, -0.2) is 0 Å². The molecule has 0 aliphatic rings. The van der Waals surface area contributed by atoms with Crippen molar-refractivity contribution in [1.29, 1.82) is 0 Å². The van der Waals surface area contributed by atoms with Crippen LogP contribution in [0.25, 0.3) is 0 Å². The van der Waals surface area contributed by atoms with E-state index in [1.165, 1.54) is 5.56 Å². The second-order valence-corrected chi connectivity index (χ2v) is 5.71. The number of amides is 1. The first-order chi connectivity index (χ1) is 10.5. The smallest absolute Gasteiger partial charge is 0.221 e. The Morgan fingerprint density at radius 3 is 2.64 bits per heavy atom. The largest absolute Gasteiger partial charge is 0.356 e. The molecule has 0 unspecified atom stereocenters. The summed E-state index contributed by atoms with van der Waals surface area (Å²) in [6, 6.07) is 7.97. The summed E-state index contributed by atoms with van der Waals surface area (Å²) < 4.78 is 0. The first-order valence-corrected chi connectivity index (χ1v) is 7.87. The molecule has 1 aromatic carbocycles. The average Bonchev–Trinajstić information content (AvgIpc) is 2.45. The maximum Gasteiger partial charge on any atom is 0.221 e. The molecule has 0 bridgehead atoms. The molecule has 5 nitrogen and oxygen atoms in total. The van der Waals surface area contributed by atoms with Crippen LogP contribution in [0.5, 0.6) is 0 Å². The molecule has 1 aromatic rings. The number of carbonyl (C=O) groups is 1. The van der Waals surface area contributed by atoms with E-state index in [2.05, 4.69) is 20.9 Å². The van der Waals surface area contributed by atoms with Crippen molar-refractivity contribution in [2.24, 2.45) is 4.99 Å². The molecule has 0 radical (unpaired) electrons. The number of rotatable bonds is 7. The number of guanidine groups is 1. The molecule has 0 aromatic heterocycles. The van der Waals surface area contributed by atoms with Crippen molar-refractivity contribution in [3.8, 4) is 0 Å². The molecule has 0 aliphatic heterocycles. The molecule has 3 N–H and O–H groups in total. The number of halogens is 1. The lowest BCUT2D eigenvalue weighted by Crippen LogP contribution is -2.40. The van der Waals surface area contributed by atoms with E-state index in [1.807, 2.05) is 38.1 Å². The molecular weight excluding hydrogens is 300 g/mol. The van der Waals surface area contributed by atoms with Gasteiger partial charge in [-0.1, -0.05) is 23.7 Å². The molecule has 1 rings (SSSR count). The monoisotopic (exact) mass is 324 g/mol. The van der Waals surface area contributed by atoms with E-state index in [1.54, 1.807) is 7.05 Å². The van der Waals surface area contributed by atoms with Gasteiger partial charge in [-0.05, 0) is 38.0 Å². The predicted molar refractivity (Wildman–Crippen MR) is 92.4 cm³/mol. The van der Waals surface area contributed by atoms with Gasteiger partial charge in [-0.2, -0.15) is 0 Å². The van der Waals surface area contributed by atoms with Gasteiger partial charge in [0.15, 0.2) is 5.96 Å². The van der Waals surface area contributed by atoms with Crippen molar-refractivity contribution in [3.05, 3.63) is 34.9 Å². The molecule has 0 atom stereocenters. The number of nitrogens with zero attached hydrogens (tertiary/aromatic N) is 1. The normalized spacial score (nSPS) is 11.4. The van der Waals surface area contributed by atoms with E-state index < -0.39 is 0 Å². The Kier molecular flexibility index (Phi) is 8.36. The van der Waals surface area contributed by atoms with Crippen LogP contribution in [0.3, 0.4) is 0 Å². The Morgan fingerprint density at radius 1 is 1.27 bits per heavy atom. The van der Waals surface area contributed by atoms with Gasteiger partial charge < -0.3 is 16.0 Å². The molecule has 0 saturated heterocycles. The lowest BCUT2D eigenvalue weighted by molar-refractivity contribution is -0.121. The lowest BCUT2D eigenvalue weighted by Gasteiger charge is -2.12. The third kappa shape index (κ3) is 7.88. The van der Waals surface area contributed by atoms with Gasteiger partial charge in [-0.3, -0.25) is 9.79 Å². The maximum atomic E-state index is 11.5. The molecule has 6 heteroatoms. The second kappa shape index (κ2) is 10.1. The lowest BCUT2D eigenvalue weighted by atomic mass is 10.1. The zero-order chi connectivity index (χ0) is 16.4. The number of aliphatic imine (C=N–C) groups is 1. The summed E-state index contributed by atoms with van der Waals surface area (Å²) in [6.45, 7) is 5.19. The molecular formula is C16H25ClN4O. The van der Waals surface area contributed by atoms with Gasteiger partial charge in [0.25, 0.3) is 0 Å². The fourth-order valence-electron chi connectivity index (χ4n) is 1.93. The standard InChI is InChI=1S/C16H25ClN4O/c1-12(2)21-15(22)8-10-20-16(18-3)19-9-7-13-5-4-6-14(17)11-13/h4-6,11-12H,7-10H2,1-3H3,(H,21,22)(H2,18,19,20). The van der Waals surface area contributed by atoms with E-state index in [9.17, 15) is 4.79 Å². The van der Waals surface area contributed by atoms with Crippen LogP contribution in [0.4, 0.5) is 0 Å². The number of benzene rings is 1.